The Morgan fingerprint density at radius 2 is 1.75 bits per heavy atom. The van der Waals surface area contributed by atoms with Gasteiger partial charge in [-0.2, -0.15) is 0 Å². The molecule has 0 bridgehead atoms. The van der Waals surface area contributed by atoms with Gasteiger partial charge in [0.05, 0.1) is 5.02 Å². The number of nitrogens with one attached hydrogen (secondary N) is 1. The van der Waals surface area contributed by atoms with Crippen molar-refractivity contribution in [3.63, 3.8) is 0 Å². The van der Waals surface area contributed by atoms with Crippen molar-refractivity contribution in [2.45, 2.75) is 0 Å². The monoisotopic (exact) mass is 177 g/mol. The first-order chi connectivity index (χ1) is 5.88. The first kappa shape index (κ1) is 7.44. The van der Waals surface area contributed by atoms with Gasteiger partial charge in [0.1, 0.15) is 0 Å². The van der Waals surface area contributed by atoms with E-state index in [-0.39, 0.29) is 0 Å². The molecule has 0 radical (unpaired) electrons. The molecular weight excluding hydrogens is 170 g/mol. The second-order valence-electron chi connectivity index (χ2n) is 2.58. The Hall–Kier alpha value is -1.21. The lowest BCUT2D eigenvalue weighted by Crippen LogP contribution is -1.71. The van der Waals surface area contributed by atoms with Crippen LogP contribution in [0, 0.1) is 0 Å². The fraction of sp³-hybridized carbons (Fsp3) is 0. The van der Waals surface area contributed by atoms with E-state index in [0.29, 0.717) is 0 Å². The molecule has 60 valence electrons. The molecule has 0 saturated carbocycles. The molecule has 2 rings (SSSR count). The summed E-state index contributed by atoms with van der Waals surface area (Å²) in [4.78, 5) is 2.96. The van der Waals surface area contributed by atoms with Gasteiger partial charge < -0.3 is 4.98 Å². The van der Waals surface area contributed by atoms with Gasteiger partial charge in [-0.15, -0.1) is 0 Å². The third-order valence-electron chi connectivity index (χ3n) is 1.78. The molecule has 1 N–H and O–H groups in total. The van der Waals surface area contributed by atoms with E-state index in [2.05, 4.69) is 4.98 Å². The van der Waals surface area contributed by atoms with Gasteiger partial charge in [0.25, 0.3) is 0 Å². The molecule has 0 aliphatic heterocycles. The number of aromatic nitrogens is 1. The molecule has 0 saturated heterocycles. The predicted molar refractivity (Wildman–Crippen MR) is 51.2 cm³/mol. The van der Waals surface area contributed by atoms with Crippen LogP contribution >= 0.6 is 11.6 Å². The summed E-state index contributed by atoms with van der Waals surface area (Å²) in [6.45, 7) is 0. The van der Waals surface area contributed by atoms with E-state index >= 15 is 0 Å². The van der Waals surface area contributed by atoms with Gasteiger partial charge in [-0.05, 0) is 5.56 Å². The molecule has 0 fully saturated rings. The summed E-state index contributed by atoms with van der Waals surface area (Å²) in [5.41, 5.74) is 2.20. The van der Waals surface area contributed by atoms with E-state index in [1.807, 2.05) is 36.5 Å². The third-order valence-corrected chi connectivity index (χ3v) is 2.09. The van der Waals surface area contributed by atoms with Crippen molar-refractivity contribution in [1.29, 1.82) is 0 Å². The number of aromatic amines is 1. The van der Waals surface area contributed by atoms with Crippen LogP contribution in [-0.4, -0.2) is 4.98 Å². The first-order valence-electron chi connectivity index (χ1n) is 3.75. The standard InChI is InChI=1S/C10H8ClN/c11-10-7-12-6-9(10)8-4-2-1-3-5-8/h1-7,12H. The SMILES string of the molecule is Clc1c[nH]cc1-c1ccccc1. The lowest BCUT2D eigenvalue weighted by atomic mass is 10.1. The molecule has 0 spiro atoms. The average molecular weight is 178 g/mol. The largest absolute Gasteiger partial charge is 0.366 e. The first-order valence-corrected chi connectivity index (χ1v) is 4.13. The van der Waals surface area contributed by atoms with Crippen LogP contribution in [-0.2, 0) is 0 Å². The van der Waals surface area contributed by atoms with Gasteiger partial charge in [0, 0.05) is 18.0 Å². The van der Waals surface area contributed by atoms with Crippen LogP contribution in [0.25, 0.3) is 11.1 Å². The Labute approximate surface area is 76.0 Å². The Bertz CT molecular complexity index is 364. The minimum atomic E-state index is 0.765. The van der Waals surface area contributed by atoms with Crippen LogP contribution in [0.3, 0.4) is 0 Å². The topological polar surface area (TPSA) is 15.8 Å². The Balaban J connectivity index is 2.51. The summed E-state index contributed by atoms with van der Waals surface area (Å²) in [7, 11) is 0. The molecule has 0 aliphatic carbocycles. The highest BCUT2D eigenvalue weighted by Gasteiger charge is 2.01. The van der Waals surface area contributed by atoms with Crippen molar-refractivity contribution in [2.24, 2.45) is 0 Å². The Kier molecular flexibility index (Phi) is 1.88. The molecule has 1 aromatic heterocycles. The molecule has 12 heavy (non-hydrogen) atoms. The summed E-state index contributed by atoms with van der Waals surface area (Å²) in [5, 5.41) is 0.765. The smallest absolute Gasteiger partial charge is 0.0658 e. The minimum absolute atomic E-state index is 0.765. The highest BCUT2D eigenvalue weighted by atomic mass is 35.5. The molecule has 0 atom stereocenters. The number of rotatable bonds is 1. The zero-order valence-electron chi connectivity index (χ0n) is 6.42. The van der Waals surface area contributed by atoms with Crippen molar-refractivity contribution >= 4 is 11.6 Å². The van der Waals surface area contributed by atoms with E-state index in [4.69, 9.17) is 11.6 Å². The lowest BCUT2D eigenvalue weighted by Gasteiger charge is -1.96. The maximum Gasteiger partial charge on any atom is 0.0658 e. The van der Waals surface area contributed by atoms with Crippen molar-refractivity contribution < 1.29 is 0 Å². The van der Waals surface area contributed by atoms with Crippen LogP contribution < -0.4 is 0 Å². The van der Waals surface area contributed by atoms with Gasteiger partial charge in [0.15, 0.2) is 0 Å². The third kappa shape index (κ3) is 1.23. The van der Waals surface area contributed by atoms with Crippen LogP contribution in [0.2, 0.25) is 5.02 Å². The predicted octanol–water partition coefficient (Wildman–Crippen LogP) is 3.34. The van der Waals surface area contributed by atoms with Gasteiger partial charge in [-0.1, -0.05) is 41.9 Å². The maximum atomic E-state index is 5.94. The fourth-order valence-corrected chi connectivity index (χ4v) is 1.41. The number of hydrogen-bond acceptors (Lipinski definition) is 0. The zero-order chi connectivity index (χ0) is 8.39. The minimum Gasteiger partial charge on any atom is -0.366 e. The summed E-state index contributed by atoms with van der Waals surface area (Å²) in [5.74, 6) is 0. The Morgan fingerprint density at radius 3 is 2.33 bits per heavy atom. The molecule has 1 aromatic carbocycles. The molecule has 1 heterocycles. The highest BCUT2D eigenvalue weighted by Crippen LogP contribution is 2.26. The number of H-pyrrole nitrogens is 1. The summed E-state index contributed by atoms with van der Waals surface area (Å²) >= 11 is 5.94. The lowest BCUT2D eigenvalue weighted by molar-refractivity contribution is 1.41. The van der Waals surface area contributed by atoms with Gasteiger partial charge in [-0.3, -0.25) is 0 Å². The van der Waals surface area contributed by atoms with E-state index in [0.717, 1.165) is 16.1 Å². The number of hydrogen-bond donors (Lipinski definition) is 1. The van der Waals surface area contributed by atoms with Crippen LogP contribution in [0.5, 0.6) is 0 Å². The average Bonchev–Trinajstić information content (AvgIpc) is 2.53. The molecular formula is C10H8ClN. The fourth-order valence-electron chi connectivity index (χ4n) is 1.18. The van der Waals surface area contributed by atoms with Gasteiger partial charge >= 0.3 is 0 Å². The Morgan fingerprint density at radius 1 is 1.00 bits per heavy atom. The van der Waals surface area contributed by atoms with Crippen LogP contribution in [0.1, 0.15) is 0 Å². The maximum absolute atomic E-state index is 5.94. The summed E-state index contributed by atoms with van der Waals surface area (Å²) in [6, 6.07) is 10.1. The zero-order valence-corrected chi connectivity index (χ0v) is 7.18. The normalized spacial score (nSPS) is 10.1. The number of halogens is 1. The number of benzene rings is 1. The van der Waals surface area contributed by atoms with Crippen molar-refractivity contribution in [2.75, 3.05) is 0 Å². The molecule has 1 nitrogen and oxygen atoms in total. The second-order valence-corrected chi connectivity index (χ2v) is 2.99. The molecule has 2 aromatic rings. The van der Waals surface area contributed by atoms with E-state index < -0.39 is 0 Å². The van der Waals surface area contributed by atoms with E-state index in [9.17, 15) is 0 Å². The molecule has 0 amide bonds. The van der Waals surface area contributed by atoms with Crippen molar-refractivity contribution in [3.05, 3.63) is 47.7 Å². The molecule has 2 heteroatoms. The molecule has 0 aliphatic rings. The highest BCUT2D eigenvalue weighted by molar-refractivity contribution is 6.33. The van der Waals surface area contributed by atoms with Crippen LogP contribution in [0.15, 0.2) is 42.7 Å². The van der Waals surface area contributed by atoms with Gasteiger partial charge in [-0.25, -0.2) is 0 Å². The van der Waals surface area contributed by atoms with Crippen molar-refractivity contribution in [3.8, 4) is 11.1 Å². The summed E-state index contributed by atoms with van der Waals surface area (Å²) < 4.78 is 0. The van der Waals surface area contributed by atoms with E-state index in [1.54, 1.807) is 6.20 Å². The van der Waals surface area contributed by atoms with Crippen LogP contribution in [0.4, 0.5) is 0 Å². The van der Waals surface area contributed by atoms with E-state index in [1.165, 1.54) is 0 Å². The quantitative estimate of drug-likeness (QED) is 0.688. The van der Waals surface area contributed by atoms with Crippen molar-refractivity contribution in [1.82, 2.24) is 4.98 Å². The summed E-state index contributed by atoms with van der Waals surface area (Å²) in [6.07, 6.45) is 3.68. The molecule has 0 unspecified atom stereocenters. The second kappa shape index (κ2) is 3.03. The van der Waals surface area contributed by atoms with Gasteiger partial charge in [0.2, 0.25) is 0 Å².